The number of aliphatic imine (C=N–C) groups is 1. The van der Waals surface area contributed by atoms with Gasteiger partial charge in [0.15, 0.2) is 5.96 Å². The number of rotatable bonds is 8. The maximum Gasteiger partial charge on any atom is 0.251 e. The summed E-state index contributed by atoms with van der Waals surface area (Å²) in [5.41, 5.74) is 8.91. The van der Waals surface area contributed by atoms with Crippen LogP contribution in [0.25, 0.3) is 10.9 Å². The molecule has 0 atom stereocenters. The van der Waals surface area contributed by atoms with Crippen LogP contribution >= 0.6 is 0 Å². The maximum absolute atomic E-state index is 11.9. The summed E-state index contributed by atoms with van der Waals surface area (Å²) in [6, 6.07) is 15.4. The van der Waals surface area contributed by atoms with Gasteiger partial charge in [0.1, 0.15) is 0 Å². The molecule has 0 saturated heterocycles. The number of aromatic nitrogens is 1. The van der Waals surface area contributed by atoms with E-state index in [0.29, 0.717) is 18.1 Å². The standard InChI is InChI=1S/C22H26N6O2/c1-24-22(25-11-10-17-13-26-19-5-3-2-4-18(17)19)28-12-15-6-8-16(9-7-15)21(30)27-14-20(23)29/h2-9,13,26H,10-12,14H2,1H3,(H2,23,29)(H,27,30)(H2,24,25,28). The van der Waals surface area contributed by atoms with Crippen molar-refractivity contribution in [2.75, 3.05) is 20.1 Å². The largest absolute Gasteiger partial charge is 0.368 e. The highest BCUT2D eigenvalue weighted by Crippen LogP contribution is 2.17. The summed E-state index contributed by atoms with van der Waals surface area (Å²) >= 11 is 0. The van der Waals surface area contributed by atoms with Crippen molar-refractivity contribution in [1.29, 1.82) is 0 Å². The van der Waals surface area contributed by atoms with Crippen LogP contribution in [0.4, 0.5) is 0 Å². The van der Waals surface area contributed by atoms with Crippen LogP contribution in [0, 0.1) is 0 Å². The average molecular weight is 406 g/mol. The second-order valence-electron chi connectivity index (χ2n) is 6.81. The van der Waals surface area contributed by atoms with E-state index >= 15 is 0 Å². The Morgan fingerprint density at radius 2 is 1.80 bits per heavy atom. The molecule has 0 bridgehead atoms. The van der Waals surface area contributed by atoms with Crippen LogP contribution < -0.4 is 21.7 Å². The number of H-pyrrole nitrogens is 1. The summed E-state index contributed by atoms with van der Waals surface area (Å²) in [5.74, 6) is -0.200. The third kappa shape index (κ3) is 5.60. The predicted octanol–water partition coefficient (Wildman–Crippen LogP) is 1.29. The first-order valence-corrected chi connectivity index (χ1v) is 9.72. The molecule has 0 aliphatic carbocycles. The topological polar surface area (TPSA) is 124 Å². The van der Waals surface area contributed by atoms with Gasteiger partial charge in [0.2, 0.25) is 5.91 Å². The van der Waals surface area contributed by atoms with E-state index in [1.807, 2.05) is 30.5 Å². The number of benzene rings is 2. The van der Waals surface area contributed by atoms with Crippen molar-refractivity contribution < 1.29 is 9.59 Å². The smallest absolute Gasteiger partial charge is 0.251 e. The fraction of sp³-hybridized carbons (Fsp3) is 0.227. The van der Waals surface area contributed by atoms with Crippen molar-refractivity contribution in [3.8, 4) is 0 Å². The molecule has 0 spiro atoms. The number of primary amides is 1. The Hall–Kier alpha value is -3.81. The highest BCUT2D eigenvalue weighted by Gasteiger charge is 2.07. The van der Waals surface area contributed by atoms with Gasteiger partial charge in [0.05, 0.1) is 6.54 Å². The van der Waals surface area contributed by atoms with Crippen molar-refractivity contribution in [1.82, 2.24) is 20.9 Å². The molecule has 30 heavy (non-hydrogen) atoms. The van der Waals surface area contributed by atoms with Gasteiger partial charge in [-0.25, -0.2) is 0 Å². The minimum Gasteiger partial charge on any atom is -0.368 e. The molecule has 0 aliphatic rings. The molecule has 6 N–H and O–H groups in total. The van der Waals surface area contributed by atoms with Crippen LogP contribution in [0.2, 0.25) is 0 Å². The van der Waals surface area contributed by atoms with Crippen molar-refractivity contribution in [2.45, 2.75) is 13.0 Å². The molecule has 2 aromatic carbocycles. The molecular weight excluding hydrogens is 380 g/mol. The van der Waals surface area contributed by atoms with Crippen molar-refractivity contribution in [2.24, 2.45) is 10.7 Å². The van der Waals surface area contributed by atoms with Gasteiger partial charge in [-0.2, -0.15) is 0 Å². The lowest BCUT2D eigenvalue weighted by molar-refractivity contribution is -0.117. The Kier molecular flexibility index (Phi) is 7.05. The fourth-order valence-corrected chi connectivity index (χ4v) is 3.10. The Bertz CT molecular complexity index is 1040. The molecule has 0 aliphatic heterocycles. The van der Waals surface area contributed by atoms with Gasteiger partial charge in [-0.15, -0.1) is 0 Å². The minimum absolute atomic E-state index is 0.178. The molecule has 8 heteroatoms. The molecule has 0 fully saturated rings. The van der Waals surface area contributed by atoms with Gasteiger partial charge in [0, 0.05) is 42.8 Å². The van der Waals surface area contributed by atoms with Gasteiger partial charge in [-0.3, -0.25) is 14.6 Å². The van der Waals surface area contributed by atoms with Gasteiger partial charge in [0.25, 0.3) is 5.91 Å². The van der Waals surface area contributed by atoms with Gasteiger partial charge in [-0.1, -0.05) is 30.3 Å². The number of para-hydroxylation sites is 1. The summed E-state index contributed by atoms with van der Waals surface area (Å²) in [4.78, 5) is 30.2. The first-order valence-electron chi connectivity index (χ1n) is 9.72. The quantitative estimate of drug-likeness (QED) is 0.286. The lowest BCUT2D eigenvalue weighted by Crippen LogP contribution is -2.37. The molecule has 3 aromatic rings. The number of nitrogens with one attached hydrogen (secondary N) is 4. The monoisotopic (exact) mass is 406 g/mol. The SMILES string of the molecule is CN=C(NCCc1c[nH]c2ccccc12)NCc1ccc(C(=O)NCC(N)=O)cc1. The van der Waals surface area contributed by atoms with Crippen LogP contribution in [0.1, 0.15) is 21.5 Å². The summed E-state index contributed by atoms with van der Waals surface area (Å²) in [6.45, 7) is 1.14. The zero-order chi connectivity index (χ0) is 21.3. The normalized spacial score (nSPS) is 11.3. The number of nitrogens with zero attached hydrogens (tertiary/aromatic N) is 1. The van der Waals surface area contributed by atoms with E-state index in [1.54, 1.807) is 19.2 Å². The van der Waals surface area contributed by atoms with Crippen molar-refractivity contribution in [3.63, 3.8) is 0 Å². The Balaban J connectivity index is 1.46. The highest BCUT2D eigenvalue weighted by atomic mass is 16.2. The van der Waals surface area contributed by atoms with E-state index in [0.717, 1.165) is 24.0 Å². The Morgan fingerprint density at radius 3 is 2.53 bits per heavy atom. The van der Waals surface area contributed by atoms with E-state index in [9.17, 15) is 9.59 Å². The number of fused-ring (bicyclic) bond motifs is 1. The fourth-order valence-electron chi connectivity index (χ4n) is 3.10. The van der Waals surface area contributed by atoms with Crippen molar-refractivity contribution in [3.05, 3.63) is 71.4 Å². The maximum atomic E-state index is 11.9. The number of hydrogen-bond donors (Lipinski definition) is 5. The molecule has 1 aromatic heterocycles. The number of carbonyl (C=O) groups excluding carboxylic acids is 2. The molecule has 0 unspecified atom stereocenters. The summed E-state index contributed by atoms with van der Waals surface area (Å²) in [5, 5.41) is 10.3. The summed E-state index contributed by atoms with van der Waals surface area (Å²) in [6.07, 6.45) is 2.92. The van der Waals surface area contributed by atoms with Crippen molar-refractivity contribution >= 4 is 28.7 Å². The Morgan fingerprint density at radius 1 is 1.03 bits per heavy atom. The van der Waals surface area contributed by atoms with Gasteiger partial charge in [-0.05, 0) is 35.7 Å². The number of carbonyl (C=O) groups is 2. The number of aromatic amines is 1. The van der Waals surface area contributed by atoms with E-state index in [2.05, 4.69) is 38.1 Å². The van der Waals surface area contributed by atoms with E-state index in [-0.39, 0.29) is 12.5 Å². The summed E-state index contributed by atoms with van der Waals surface area (Å²) < 4.78 is 0. The lowest BCUT2D eigenvalue weighted by Gasteiger charge is -2.12. The molecule has 0 radical (unpaired) electrons. The number of hydrogen-bond acceptors (Lipinski definition) is 3. The minimum atomic E-state index is -0.576. The molecular formula is C22H26N6O2. The number of nitrogens with two attached hydrogens (primary N) is 1. The van der Waals surface area contributed by atoms with E-state index in [1.165, 1.54) is 10.9 Å². The molecule has 1 heterocycles. The molecule has 2 amide bonds. The van der Waals surface area contributed by atoms with E-state index < -0.39 is 5.91 Å². The second-order valence-corrected chi connectivity index (χ2v) is 6.81. The lowest BCUT2D eigenvalue weighted by atomic mass is 10.1. The third-order valence-electron chi connectivity index (χ3n) is 4.68. The number of guanidine groups is 1. The summed E-state index contributed by atoms with van der Waals surface area (Å²) in [7, 11) is 1.73. The first-order chi connectivity index (χ1) is 14.6. The van der Waals surface area contributed by atoms with Crippen LogP contribution in [0.3, 0.4) is 0 Å². The van der Waals surface area contributed by atoms with Crippen LogP contribution in [0.15, 0.2) is 59.7 Å². The van der Waals surface area contributed by atoms with Crippen LogP contribution in [-0.4, -0.2) is 42.9 Å². The zero-order valence-electron chi connectivity index (χ0n) is 16.9. The number of amides is 2. The van der Waals surface area contributed by atoms with Crippen LogP contribution in [0.5, 0.6) is 0 Å². The van der Waals surface area contributed by atoms with Gasteiger partial charge < -0.3 is 26.7 Å². The highest BCUT2D eigenvalue weighted by molar-refractivity contribution is 5.96. The molecule has 156 valence electrons. The Labute approximate surface area is 175 Å². The third-order valence-corrected chi connectivity index (χ3v) is 4.68. The van der Waals surface area contributed by atoms with E-state index in [4.69, 9.17) is 5.73 Å². The molecule has 0 saturated carbocycles. The zero-order valence-corrected chi connectivity index (χ0v) is 16.9. The molecule has 8 nitrogen and oxygen atoms in total. The van der Waals surface area contributed by atoms with Gasteiger partial charge >= 0.3 is 0 Å². The second kappa shape index (κ2) is 10.1. The predicted molar refractivity (Wildman–Crippen MR) is 118 cm³/mol. The average Bonchev–Trinajstić information content (AvgIpc) is 3.18. The van der Waals surface area contributed by atoms with Crippen LogP contribution in [-0.2, 0) is 17.8 Å². The molecule has 3 rings (SSSR count). The first kappa shape index (κ1) is 20.9.